The fourth-order valence-corrected chi connectivity index (χ4v) is 1.99. The summed E-state index contributed by atoms with van der Waals surface area (Å²) in [6, 6.07) is 13.7. The van der Waals surface area contributed by atoms with Crippen molar-refractivity contribution in [3.63, 3.8) is 0 Å². The van der Waals surface area contributed by atoms with Crippen LogP contribution < -0.4 is 11.1 Å². The van der Waals surface area contributed by atoms with E-state index < -0.39 is 11.7 Å². The molecule has 3 N–H and O–H groups in total. The van der Waals surface area contributed by atoms with Crippen molar-refractivity contribution in [3.05, 3.63) is 59.7 Å². The van der Waals surface area contributed by atoms with Crippen LogP contribution >= 0.6 is 0 Å². The molecule has 0 unspecified atom stereocenters. The first-order valence-electron chi connectivity index (χ1n) is 7.25. The minimum absolute atomic E-state index is 0.124. The highest BCUT2D eigenvalue weighted by Gasteiger charge is 2.17. The number of hydrogen-bond acceptors (Lipinski definition) is 4. The molecule has 0 aliphatic heterocycles. The maximum atomic E-state index is 12.4. The predicted octanol–water partition coefficient (Wildman–Crippen LogP) is 3.85. The van der Waals surface area contributed by atoms with E-state index in [1.807, 2.05) is 6.07 Å². The monoisotopic (exact) mass is 312 g/mol. The van der Waals surface area contributed by atoms with Crippen LogP contribution in [0.5, 0.6) is 0 Å². The predicted molar refractivity (Wildman–Crippen MR) is 90.6 cm³/mol. The zero-order valence-electron chi connectivity index (χ0n) is 13.4. The number of nitrogens with one attached hydrogen (secondary N) is 1. The van der Waals surface area contributed by atoms with Gasteiger partial charge in [-0.3, -0.25) is 10.1 Å². The summed E-state index contributed by atoms with van der Waals surface area (Å²) in [4.78, 5) is 24.1. The lowest BCUT2D eigenvalue weighted by Crippen LogP contribution is -2.27. The van der Waals surface area contributed by atoms with Crippen LogP contribution in [0.3, 0.4) is 0 Å². The van der Waals surface area contributed by atoms with Crippen LogP contribution in [0.4, 0.5) is 16.2 Å². The van der Waals surface area contributed by atoms with Crippen LogP contribution in [0.25, 0.3) is 0 Å². The van der Waals surface area contributed by atoms with Crippen molar-refractivity contribution < 1.29 is 14.3 Å². The van der Waals surface area contributed by atoms with E-state index in [1.165, 1.54) is 0 Å². The van der Waals surface area contributed by atoms with E-state index in [0.29, 0.717) is 22.5 Å². The van der Waals surface area contributed by atoms with Gasteiger partial charge in [-0.15, -0.1) is 0 Å². The average molecular weight is 312 g/mol. The van der Waals surface area contributed by atoms with Crippen LogP contribution in [0.15, 0.2) is 48.5 Å². The minimum atomic E-state index is -0.595. The molecule has 0 aliphatic rings. The number of benzene rings is 2. The highest BCUT2D eigenvalue weighted by atomic mass is 16.6. The van der Waals surface area contributed by atoms with E-state index >= 15 is 0 Å². The van der Waals surface area contributed by atoms with Gasteiger partial charge in [0.2, 0.25) is 0 Å². The van der Waals surface area contributed by atoms with Crippen molar-refractivity contribution in [3.8, 4) is 0 Å². The van der Waals surface area contributed by atoms with Gasteiger partial charge in [-0.2, -0.15) is 0 Å². The van der Waals surface area contributed by atoms with Crippen LogP contribution in [-0.2, 0) is 4.74 Å². The summed E-state index contributed by atoms with van der Waals surface area (Å²) < 4.78 is 5.17. The molecule has 0 radical (unpaired) electrons. The zero-order valence-corrected chi connectivity index (χ0v) is 13.4. The highest BCUT2D eigenvalue weighted by Crippen LogP contribution is 2.22. The van der Waals surface area contributed by atoms with Gasteiger partial charge in [-0.05, 0) is 39.0 Å². The molecule has 120 valence electrons. The molecule has 2 aromatic rings. The van der Waals surface area contributed by atoms with Crippen LogP contribution in [0, 0.1) is 0 Å². The molecular formula is C18H20N2O3. The van der Waals surface area contributed by atoms with Crippen molar-refractivity contribution in [1.29, 1.82) is 0 Å². The fourth-order valence-electron chi connectivity index (χ4n) is 1.99. The van der Waals surface area contributed by atoms with Gasteiger partial charge in [0.25, 0.3) is 0 Å². The Morgan fingerprint density at radius 1 is 1.00 bits per heavy atom. The Morgan fingerprint density at radius 3 is 2.22 bits per heavy atom. The van der Waals surface area contributed by atoms with Crippen molar-refractivity contribution in [2.75, 3.05) is 11.1 Å². The molecule has 23 heavy (non-hydrogen) atoms. The number of amides is 1. The first kappa shape index (κ1) is 16.5. The highest BCUT2D eigenvalue weighted by molar-refractivity contribution is 6.10. The van der Waals surface area contributed by atoms with Gasteiger partial charge < -0.3 is 10.5 Å². The summed E-state index contributed by atoms with van der Waals surface area (Å²) in [5.41, 5.74) is 7.09. The summed E-state index contributed by atoms with van der Waals surface area (Å²) in [7, 11) is 0. The Morgan fingerprint density at radius 2 is 1.65 bits per heavy atom. The molecule has 2 rings (SSSR count). The second-order valence-electron chi connectivity index (χ2n) is 6.12. The summed E-state index contributed by atoms with van der Waals surface area (Å²) >= 11 is 0. The van der Waals surface area contributed by atoms with Gasteiger partial charge >= 0.3 is 6.09 Å². The molecule has 0 aliphatic carbocycles. The Kier molecular flexibility index (Phi) is 4.69. The van der Waals surface area contributed by atoms with E-state index in [0.717, 1.165) is 0 Å². The number of carbonyl (C=O) groups is 2. The first-order chi connectivity index (χ1) is 10.8. The van der Waals surface area contributed by atoms with E-state index in [4.69, 9.17) is 10.5 Å². The van der Waals surface area contributed by atoms with Crippen LogP contribution in [0.2, 0.25) is 0 Å². The van der Waals surface area contributed by atoms with Crippen LogP contribution in [0.1, 0.15) is 36.7 Å². The molecule has 5 heteroatoms. The Bertz CT molecular complexity index is 719. The molecule has 5 nitrogen and oxygen atoms in total. The quantitative estimate of drug-likeness (QED) is 0.666. The fraction of sp³-hybridized carbons (Fsp3) is 0.222. The van der Waals surface area contributed by atoms with Crippen LogP contribution in [-0.4, -0.2) is 17.5 Å². The summed E-state index contributed by atoms with van der Waals surface area (Å²) in [6.07, 6.45) is -0.591. The maximum Gasteiger partial charge on any atom is 0.412 e. The third-order valence-electron chi connectivity index (χ3n) is 2.99. The number of carbonyl (C=O) groups excluding carboxylic acids is 2. The molecule has 0 saturated carbocycles. The van der Waals surface area contributed by atoms with Gasteiger partial charge in [0, 0.05) is 11.1 Å². The van der Waals surface area contributed by atoms with E-state index in [-0.39, 0.29) is 5.78 Å². The summed E-state index contributed by atoms with van der Waals surface area (Å²) in [5, 5.41) is 2.58. The number of nitrogens with two attached hydrogens (primary N) is 1. The molecule has 0 atom stereocenters. The second kappa shape index (κ2) is 6.52. The number of anilines is 2. The van der Waals surface area contributed by atoms with E-state index in [1.54, 1.807) is 63.2 Å². The SMILES string of the molecule is CC(C)(C)OC(=O)Nc1ccc(C(=O)c2ccccc2)cc1N. The molecule has 1 amide bonds. The topological polar surface area (TPSA) is 81.4 Å². The number of ether oxygens (including phenoxy) is 1. The average Bonchev–Trinajstić information content (AvgIpc) is 2.47. The van der Waals surface area contributed by atoms with E-state index in [2.05, 4.69) is 5.32 Å². The molecule has 0 spiro atoms. The molecule has 0 fully saturated rings. The number of rotatable bonds is 3. The van der Waals surface area contributed by atoms with E-state index in [9.17, 15) is 9.59 Å². The molecule has 0 heterocycles. The second-order valence-corrected chi connectivity index (χ2v) is 6.12. The molecule has 0 bridgehead atoms. The third-order valence-corrected chi connectivity index (χ3v) is 2.99. The zero-order chi connectivity index (χ0) is 17.0. The largest absolute Gasteiger partial charge is 0.444 e. The lowest BCUT2D eigenvalue weighted by Gasteiger charge is -2.20. The van der Waals surface area contributed by atoms with Crippen molar-refractivity contribution in [2.24, 2.45) is 0 Å². The lowest BCUT2D eigenvalue weighted by molar-refractivity contribution is 0.0636. The molecule has 0 aromatic heterocycles. The van der Waals surface area contributed by atoms with Gasteiger partial charge in [-0.25, -0.2) is 4.79 Å². The molecule has 2 aromatic carbocycles. The number of hydrogen-bond donors (Lipinski definition) is 2. The van der Waals surface area contributed by atoms with Gasteiger partial charge in [0.15, 0.2) is 5.78 Å². The molecular weight excluding hydrogens is 292 g/mol. The Balaban J connectivity index is 2.15. The van der Waals surface area contributed by atoms with Crippen molar-refractivity contribution in [1.82, 2.24) is 0 Å². The Labute approximate surface area is 135 Å². The number of nitrogen functional groups attached to an aromatic ring is 1. The Hall–Kier alpha value is -2.82. The van der Waals surface area contributed by atoms with Gasteiger partial charge in [0.1, 0.15) is 5.60 Å². The maximum absolute atomic E-state index is 12.4. The van der Waals surface area contributed by atoms with Gasteiger partial charge in [-0.1, -0.05) is 30.3 Å². The standard InChI is InChI=1S/C18H20N2O3/c1-18(2,3)23-17(22)20-15-10-9-13(11-14(15)19)16(21)12-7-5-4-6-8-12/h4-11H,19H2,1-3H3,(H,20,22). The van der Waals surface area contributed by atoms with Gasteiger partial charge in [0.05, 0.1) is 11.4 Å². The lowest BCUT2D eigenvalue weighted by atomic mass is 10.0. The number of ketones is 1. The minimum Gasteiger partial charge on any atom is -0.444 e. The smallest absolute Gasteiger partial charge is 0.412 e. The third kappa shape index (κ3) is 4.57. The summed E-state index contributed by atoms with van der Waals surface area (Å²) in [5.74, 6) is -0.124. The van der Waals surface area contributed by atoms with Crippen molar-refractivity contribution in [2.45, 2.75) is 26.4 Å². The molecule has 0 saturated heterocycles. The summed E-state index contributed by atoms with van der Waals surface area (Å²) in [6.45, 7) is 5.33. The first-order valence-corrected chi connectivity index (χ1v) is 7.25. The van der Waals surface area contributed by atoms with Crippen molar-refractivity contribution >= 4 is 23.3 Å². The normalized spacial score (nSPS) is 10.9.